The molecular weight excluding hydrogens is 245 g/mol. The summed E-state index contributed by atoms with van der Waals surface area (Å²) in [6.45, 7) is 2.55. The van der Waals surface area contributed by atoms with Gasteiger partial charge in [-0.25, -0.2) is 9.37 Å². The van der Waals surface area contributed by atoms with Crippen molar-refractivity contribution in [2.24, 2.45) is 0 Å². The number of aromatic nitrogens is 2. The molecule has 0 saturated carbocycles. The molecule has 100 valence electrons. The smallest absolute Gasteiger partial charge is 0.134 e. The van der Waals surface area contributed by atoms with Crippen LogP contribution in [0.1, 0.15) is 11.4 Å². The van der Waals surface area contributed by atoms with E-state index < -0.39 is 0 Å². The second-order valence-corrected chi connectivity index (χ2v) is 4.65. The number of hydrogen-bond acceptors (Lipinski definition) is 3. The molecule has 0 aliphatic carbocycles. The summed E-state index contributed by atoms with van der Waals surface area (Å²) in [5.41, 5.74) is 0.682. The number of fused-ring (bicyclic) bond motifs is 1. The monoisotopic (exact) mass is 261 g/mol. The van der Waals surface area contributed by atoms with Crippen LogP contribution >= 0.6 is 0 Å². The van der Waals surface area contributed by atoms with Crippen LogP contribution in [0.4, 0.5) is 4.39 Å². The van der Waals surface area contributed by atoms with Crippen molar-refractivity contribution in [2.45, 2.75) is 25.8 Å². The van der Waals surface area contributed by atoms with Gasteiger partial charge in [0, 0.05) is 31.0 Å². The number of nitrogens with one attached hydrogen (secondary N) is 1. The molecule has 3 rings (SSSR count). The summed E-state index contributed by atoms with van der Waals surface area (Å²) < 4.78 is 21.2. The third-order valence-electron chi connectivity index (χ3n) is 3.30. The molecule has 19 heavy (non-hydrogen) atoms. The van der Waals surface area contributed by atoms with E-state index in [1.54, 1.807) is 18.3 Å². The van der Waals surface area contributed by atoms with E-state index in [1.807, 2.05) is 12.3 Å². The van der Waals surface area contributed by atoms with E-state index in [1.165, 1.54) is 6.07 Å². The molecule has 1 unspecified atom stereocenters. The quantitative estimate of drug-likeness (QED) is 0.910. The number of imidazole rings is 1. The summed E-state index contributed by atoms with van der Waals surface area (Å²) in [5.74, 6) is 0.793. The van der Waals surface area contributed by atoms with Gasteiger partial charge in [-0.3, -0.25) is 0 Å². The molecule has 0 bridgehead atoms. The van der Waals surface area contributed by atoms with Crippen molar-refractivity contribution >= 4 is 0 Å². The molecule has 1 aliphatic rings. The molecule has 1 aromatic heterocycles. The number of hydrogen-bond donors (Lipinski definition) is 1. The van der Waals surface area contributed by atoms with Gasteiger partial charge in [-0.15, -0.1) is 0 Å². The highest BCUT2D eigenvalue weighted by Gasteiger charge is 2.18. The lowest BCUT2D eigenvalue weighted by Gasteiger charge is -2.24. The van der Waals surface area contributed by atoms with E-state index in [0.29, 0.717) is 25.3 Å². The lowest BCUT2D eigenvalue weighted by Crippen LogP contribution is -2.36. The van der Waals surface area contributed by atoms with Crippen molar-refractivity contribution in [3.05, 3.63) is 53.9 Å². The van der Waals surface area contributed by atoms with Gasteiger partial charge < -0.3 is 14.6 Å². The second-order valence-electron chi connectivity index (χ2n) is 4.65. The Morgan fingerprint density at radius 3 is 3.21 bits per heavy atom. The minimum atomic E-state index is -0.170. The fraction of sp³-hybridized carbons (Fsp3) is 0.357. The molecule has 1 atom stereocenters. The van der Waals surface area contributed by atoms with Gasteiger partial charge in [0.05, 0.1) is 12.6 Å². The molecule has 1 N–H and O–H groups in total. The predicted molar refractivity (Wildman–Crippen MR) is 68.9 cm³/mol. The van der Waals surface area contributed by atoms with Gasteiger partial charge in [0.15, 0.2) is 0 Å². The zero-order valence-corrected chi connectivity index (χ0v) is 10.6. The number of nitrogens with zero attached hydrogens (tertiary/aromatic N) is 2. The number of rotatable bonds is 4. The minimum absolute atomic E-state index is 0.105. The summed E-state index contributed by atoms with van der Waals surface area (Å²) >= 11 is 0. The summed E-state index contributed by atoms with van der Waals surface area (Å²) in [5, 5.41) is 3.24. The van der Waals surface area contributed by atoms with Crippen LogP contribution in [-0.2, 0) is 24.4 Å². The summed E-state index contributed by atoms with van der Waals surface area (Å²) in [6, 6.07) is 6.81. The van der Waals surface area contributed by atoms with Crippen molar-refractivity contribution in [2.75, 3.05) is 6.54 Å². The third kappa shape index (κ3) is 2.83. The van der Waals surface area contributed by atoms with Crippen molar-refractivity contribution in [3.8, 4) is 0 Å². The standard InChI is InChI=1S/C14H16FN3O/c15-13-4-2-1-3-11(13)7-16-8-12-9-18-6-5-17-14(18)10-19-12/h1-6,12,16H,7-10H2. The Balaban J connectivity index is 1.50. The first-order chi connectivity index (χ1) is 9.33. The summed E-state index contributed by atoms with van der Waals surface area (Å²) in [4.78, 5) is 4.20. The van der Waals surface area contributed by atoms with Gasteiger partial charge in [0.2, 0.25) is 0 Å². The van der Waals surface area contributed by atoms with E-state index in [4.69, 9.17) is 4.74 Å². The number of ether oxygens (including phenoxy) is 1. The van der Waals surface area contributed by atoms with Gasteiger partial charge in [-0.2, -0.15) is 0 Å². The zero-order chi connectivity index (χ0) is 13.1. The Labute approximate surface area is 111 Å². The Hall–Kier alpha value is -1.72. The average Bonchev–Trinajstić information content (AvgIpc) is 2.88. The Bertz CT molecular complexity index is 555. The first-order valence-corrected chi connectivity index (χ1v) is 6.38. The predicted octanol–water partition coefficient (Wildman–Crippen LogP) is 1.71. The first-order valence-electron chi connectivity index (χ1n) is 6.38. The Kier molecular flexibility index (Phi) is 3.57. The van der Waals surface area contributed by atoms with Gasteiger partial charge in [-0.05, 0) is 6.07 Å². The highest BCUT2D eigenvalue weighted by molar-refractivity contribution is 5.16. The molecule has 0 amide bonds. The fourth-order valence-corrected chi connectivity index (χ4v) is 2.24. The summed E-state index contributed by atoms with van der Waals surface area (Å²) in [7, 11) is 0. The molecule has 0 saturated heterocycles. The van der Waals surface area contributed by atoms with Crippen molar-refractivity contribution < 1.29 is 9.13 Å². The van der Waals surface area contributed by atoms with Crippen LogP contribution in [0.15, 0.2) is 36.7 Å². The Morgan fingerprint density at radius 1 is 1.42 bits per heavy atom. The number of halogens is 1. The molecule has 1 aliphatic heterocycles. The highest BCUT2D eigenvalue weighted by atomic mass is 19.1. The molecule has 4 nitrogen and oxygen atoms in total. The van der Waals surface area contributed by atoms with Crippen molar-refractivity contribution in [3.63, 3.8) is 0 Å². The zero-order valence-electron chi connectivity index (χ0n) is 10.6. The van der Waals surface area contributed by atoms with Crippen molar-refractivity contribution in [1.29, 1.82) is 0 Å². The highest BCUT2D eigenvalue weighted by Crippen LogP contribution is 2.12. The molecule has 0 spiro atoms. The van der Waals surface area contributed by atoms with Crippen LogP contribution in [0.25, 0.3) is 0 Å². The van der Waals surface area contributed by atoms with Crippen LogP contribution < -0.4 is 5.32 Å². The average molecular weight is 261 g/mol. The van der Waals surface area contributed by atoms with E-state index in [0.717, 1.165) is 12.4 Å². The van der Waals surface area contributed by atoms with E-state index in [9.17, 15) is 4.39 Å². The summed E-state index contributed by atoms with van der Waals surface area (Å²) in [6.07, 6.45) is 3.85. The fourth-order valence-electron chi connectivity index (χ4n) is 2.24. The maximum atomic E-state index is 13.4. The molecule has 5 heteroatoms. The number of benzene rings is 1. The molecule has 2 heterocycles. The lowest BCUT2D eigenvalue weighted by atomic mass is 10.2. The maximum absolute atomic E-state index is 13.4. The third-order valence-corrected chi connectivity index (χ3v) is 3.30. The largest absolute Gasteiger partial charge is 0.367 e. The van der Waals surface area contributed by atoms with Crippen LogP contribution in [-0.4, -0.2) is 22.2 Å². The Morgan fingerprint density at radius 2 is 2.32 bits per heavy atom. The second kappa shape index (κ2) is 5.50. The van der Waals surface area contributed by atoms with Crippen LogP contribution in [0.2, 0.25) is 0 Å². The maximum Gasteiger partial charge on any atom is 0.134 e. The lowest BCUT2D eigenvalue weighted by molar-refractivity contribution is 0.00274. The molecule has 1 aromatic carbocycles. The van der Waals surface area contributed by atoms with Gasteiger partial charge >= 0.3 is 0 Å². The van der Waals surface area contributed by atoms with Gasteiger partial charge in [0.25, 0.3) is 0 Å². The first kappa shape index (κ1) is 12.3. The minimum Gasteiger partial charge on any atom is -0.367 e. The topological polar surface area (TPSA) is 39.1 Å². The van der Waals surface area contributed by atoms with Gasteiger partial charge in [-0.1, -0.05) is 18.2 Å². The molecule has 0 radical (unpaired) electrons. The van der Waals surface area contributed by atoms with Crippen LogP contribution in [0, 0.1) is 5.82 Å². The molecular formula is C14H16FN3O. The molecule has 2 aromatic rings. The molecule has 0 fully saturated rings. The van der Waals surface area contributed by atoms with Crippen molar-refractivity contribution in [1.82, 2.24) is 14.9 Å². The van der Waals surface area contributed by atoms with E-state index in [-0.39, 0.29) is 11.9 Å². The van der Waals surface area contributed by atoms with Crippen LogP contribution in [0.5, 0.6) is 0 Å². The SMILES string of the molecule is Fc1ccccc1CNCC1Cn2ccnc2CO1. The van der Waals surface area contributed by atoms with E-state index in [2.05, 4.69) is 14.9 Å². The van der Waals surface area contributed by atoms with Crippen LogP contribution in [0.3, 0.4) is 0 Å². The normalized spacial score (nSPS) is 18.3. The van der Waals surface area contributed by atoms with Gasteiger partial charge in [0.1, 0.15) is 18.2 Å². The van der Waals surface area contributed by atoms with E-state index >= 15 is 0 Å².